The van der Waals surface area contributed by atoms with Crippen molar-refractivity contribution in [2.75, 3.05) is 13.1 Å². The van der Waals surface area contributed by atoms with Gasteiger partial charge in [-0.2, -0.15) is 0 Å². The fourth-order valence-electron chi connectivity index (χ4n) is 4.37. The lowest BCUT2D eigenvalue weighted by Crippen LogP contribution is -2.51. The summed E-state index contributed by atoms with van der Waals surface area (Å²) < 4.78 is 40.5. The van der Waals surface area contributed by atoms with E-state index in [2.05, 4.69) is 16.6 Å². The van der Waals surface area contributed by atoms with Gasteiger partial charge in [0.2, 0.25) is 0 Å². The van der Waals surface area contributed by atoms with Gasteiger partial charge in [-0.1, -0.05) is 19.3 Å². The number of rotatable bonds is 4. The minimum atomic E-state index is -4.71. The smallest absolute Gasteiger partial charge is 0.406 e. The van der Waals surface area contributed by atoms with Crippen molar-refractivity contribution < 1.29 is 22.7 Å². The van der Waals surface area contributed by atoms with Crippen molar-refractivity contribution in [2.24, 2.45) is 5.92 Å². The summed E-state index contributed by atoms with van der Waals surface area (Å²) in [6.07, 6.45) is 3.25. The van der Waals surface area contributed by atoms with E-state index < -0.39 is 6.36 Å². The third-order valence-electron chi connectivity index (χ3n) is 5.93. The second-order valence-corrected chi connectivity index (χ2v) is 7.76. The molecule has 1 aromatic carbocycles. The molecule has 2 aliphatic rings. The molecule has 2 fully saturated rings. The number of likely N-dealkylation sites (tertiary alicyclic amines) is 1. The molecule has 0 bridgehead atoms. The van der Waals surface area contributed by atoms with Crippen molar-refractivity contribution in [3.63, 3.8) is 0 Å². The maximum Gasteiger partial charge on any atom is 0.573 e. The molecule has 0 atom stereocenters. The summed E-state index contributed by atoms with van der Waals surface area (Å²) in [5, 5.41) is 0. The monoisotopic (exact) mass is 369 g/mol. The van der Waals surface area contributed by atoms with E-state index in [1.54, 1.807) is 0 Å². The number of nitrogens with zero attached hydrogens (tertiary/aromatic N) is 1. The van der Waals surface area contributed by atoms with E-state index in [4.69, 9.17) is 0 Å². The molecule has 1 aliphatic heterocycles. The Bertz CT molecular complexity index is 613. The molecule has 6 heteroatoms. The van der Waals surface area contributed by atoms with Crippen LogP contribution in [0.5, 0.6) is 5.75 Å². The fourth-order valence-corrected chi connectivity index (χ4v) is 4.37. The normalized spacial score (nSPS) is 22.2. The highest BCUT2D eigenvalue weighted by Crippen LogP contribution is 2.36. The predicted molar refractivity (Wildman–Crippen MR) is 93.2 cm³/mol. The molecule has 144 valence electrons. The van der Waals surface area contributed by atoms with Crippen molar-refractivity contribution in [2.45, 2.75) is 63.8 Å². The van der Waals surface area contributed by atoms with Gasteiger partial charge in [0.25, 0.3) is 0 Å². The summed E-state index contributed by atoms with van der Waals surface area (Å²) in [6, 6.07) is 5.27. The predicted octanol–water partition coefficient (Wildman–Crippen LogP) is 5.20. The Morgan fingerprint density at radius 1 is 1.08 bits per heavy atom. The number of hydrogen-bond donors (Lipinski definition) is 0. The van der Waals surface area contributed by atoms with E-state index in [9.17, 15) is 18.0 Å². The number of halogens is 3. The Kier molecular flexibility index (Phi) is 5.61. The van der Waals surface area contributed by atoms with Gasteiger partial charge in [0, 0.05) is 17.0 Å². The van der Waals surface area contributed by atoms with Crippen LogP contribution < -0.4 is 4.74 Å². The van der Waals surface area contributed by atoms with Gasteiger partial charge in [-0.15, -0.1) is 13.2 Å². The van der Waals surface area contributed by atoms with E-state index in [0.717, 1.165) is 25.9 Å². The number of carbonyl (C=O) groups is 1. The highest BCUT2D eigenvalue weighted by Gasteiger charge is 2.37. The van der Waals surface area contributed by atoms with Crippen LogP contribution in [-0.4, -0.2) is 35.7 Å². The van der Waals surface area contributed by atoms with E-state index in [1.807, 2.05) is 0 Å². The molecule has 1 aliphatic carbocycles. The Labute approximate surface area is 152 Å². The SMILES string of the molecule is CC1(N2CCC(C(=O)c3ccc(OC(F)(F)F)cc3)CC2)CCCCC1. The highest BCUT2D eigenvalue weighted by atomic mass is 19.4. The lowest BCUT2D eigenvalue weighted by molar-refractivity contribution is -0.274. The summed E-state index contributed by atoms with van der Waals surface area (Å²) in [5.41, 5.74) is 0.727. The van der Waals surface area contributed by atoms with Crippen LogP contribution in [0.1, 0.15) is 62.2 Å². The maximum absolute atomic E-state index is 12.7. The highest BCUT2D eigenvalue weighted by molar-refractivity contribution is 5.98. The van der Waals surface area contributed by atoms with Gasteiger partial charge < -0.3 is 4.74 Å². The minimum absolute atomic E-state index is 0.0250. The molecular formula is C20H26F3NO2. The second-order valence-electron chi connectivity index (χ2n) is 7.76. The van der Waals surface area contributed by atoms with Crippen LogP contribution in [0.15, 0.2) is 24.3 Å². The summed E-state index contributed by atoms with van der Waals surface area (Å²) >= 11 is 0. The first-order valence-electron chi connectivity index (χ1n) is 9.42. The van der Waals surface area contributed by atoms with Gasteiger partial charge in [-0.3, -0.25) is 9.69 Å². The van der Waals surface area contributed by atoms with Crippen LogP contribution >= 0.6 is 0 Å². The van der Waals surface area contributed by atoms with Gasteiger partial charge in [0.1, 0.15) is 5.75 Å². The molecule has 3 rings (SSSR count). The van der Waals surface area contributed by atoms with Crippen LogP contribution in [0.25, 0.3) is 0 Å². The molecule has 1 saturated heterocycles. The van der Waals surface area contributed by atoms with E-state index in [0.29, 0.717) is 5.56 Å². The summed E-state index contributed by atoms with van der Waals surface area (Å²) in [7, 11) is 0. The molecule has 0 spiro atoms. The largest absolute Gasteiger partial charge is 0.573 e. The molecule has 0 unspecified atom stereocenters. The quantitative estimate of drug-likeness (QED) is 0.683. The Morgan fingerprint density at radius 3 is 2.19 bits per heavy atom. The summed E-state index contributed by atoms with van der Waals surface area (Å²) in [6.45, 7) is 4.18. The zero-order chi connectivity index (χ0) is 18.8. The van der Waals surface area contributed by atoms with Crippen LogP contribution in [0, 0.1) is 5.92 Å². The lowest BCUT2D eigenvalue weighted by Gasteiger charge is -2.47. The minimum Gasteiger partial charge on any atom is -0.406 e. The zero-order valence-electron chi connectivity index (χ0n) is 15.1. The average Bonchev–Trinajstić information content (AvgIpc) is 2.61. The van der Waals surface area contributed by atoms with Crippen molar-refractivity contribution in [1.82, 2.24) is 4.90 Å². The summed E-state index contributed by atoms with van der Waals surface area (Å²) in [4.78, 5) is 15.2. The molecular weight excluding hydrogens is 343 g/mol. The molecule has 0 radical (unpaired) electrons. The van der Waals surface area contributed by atoms with Gasteiger partial charge in [0.05, 0.1) is 0 Å². The van der Waals surface area contributed by atoms with Gasteiger partial charge in [-0.05, 0) is 70.0 Å². The number of ether oxygens (including phenoxy) is 1. The van der Waals surface area contributed by atoms with Gasteiger partial charge >= 0.3 is 6.36 Å². The number of piperidine rings is 1. The van der Waals surface area contributed by atoms with Crippen LogP contribution in [0.4, 0.5) is 13.2 Å². The van der Waals surface area contributed by atoms with Crippen molar-refractivity contribution in [3.05, 3.63) is 29.8 Å². The molecule has 0 amide bonds. The van der Waals surface area contributed by atoms with E-state index in [1.165, 1.54) is 56.4 Å². The van der Waals surface area contributed by atoms with Crippen LogP contribution in [-0.2, 0) is 0 Å². The Morgan fingerprint density at radius 2 is 1.65 bits per heavy atom. The lowest BCUT2D eigenvalue weighted by atomic mass is 9.79. The van der Waals surface area contributed by atoms with E-state index >= 15 is 0 Å². The first-order valence-corrected chi connectivity index (χ1v) is 9.42. The molecule has 1 saturated carbocycles. The molecule has 1 aromatic rings. The maximum atomic E-state index is 12.7. The third-order valence-corrected chi connectivity index (χ3v) is 5.93. The van der Waals surface area contributed by atoms with Gasteiger partial charge in [0.15, 0.2) is 5.78 Å². The number of Topliss-reactive ketones (excluding diaryl/α,β-unsaturated/α-hetero) is 1. The molecule has 0 N–H and O–H groups in total. The molecule has 0 aromatic heterocycles. The Balaban J connectivity index is 1.56. The topological polar surface area (TPSA) is 29.5 Å². The standard InChI is InChI=1S/C20H26F3NO2/c1-19(11-3-2-4-12-19)24-13-9-16(10-14-24)18(25)15-5-7-17(8-6-15)26-20(21,22)23/h5-8,16H,2-4,9-14H2,1H3. The number of carbonyl (C=O) groups excluding carboxylic acids is 1. The van der Waals surface area contributed by atoms with Gasteiger partial charge in [-0.25, -0.2) is 0 Å². The summed E-state index contributed by atoms with van der Waals surface area (Å²) in [5.74, 6) is -0.320. The first-order chi connectivity index (χ1) is 12.3. The van der Waals surface area contributed by atoms with E-state index in [-0.39, 0.29) is 23.0 Å². The van der Waals surface area contributed by atoms with Crippen LogP contribution in [0.2, 0.25) is 0 Å². The average molecular weight is 369 g/mol. The van der Waals surface area contributed by atoms with Crippen molar-refractivity contribution in [3.8, 4) is 5.75 Å². The zero-order valence-corrected chi connectivity index (χ0v) is 15.1. The molecule has 1 heterocycles. The third kappa shape index (κ3) is 4.58. The number of alkyl halides is 3. The fraction of sp³-hybridized carbons (Fsp3) is 0.650. The number of benzene rings is 1. The number of ketones is 1. The molecule has 26 heavy (non-hydrogen) atoms. The van der Waals surface area contributed by atoms with Crippen molar-refractivity contribution in [1.29, 1.82) is 0 Å². The molecule has 3 nitrogen and oxygen atoms in total. The first kappa shape index (κ1) is 19.2. The second kappa shape index (κ2) is 7.59. The number of hydrogen-bond acceptors (Lipinski definition) is 3. The Hall–Kier alpha value is -1.56. The van der Waals surface area contributed by atoms with Crippen LogP contribution in [0.3, 0.4) is 0 Å². The van der Waals surface area contributed by atoms with Crippen molar-refractivity contribution >= 4 is 5.78 Å².